The average molecular weight is 452 g/mol. The van der Waals surface area contributed by atoms with E-state index in [1.165, 1.54) is 0 Å². The van der Waals surface area contributed by atoms with Gasteiger partial charge in [0.05, 0.1) is 19.1 Å². The Kier molecular flexibility index (Phi) is 13.4. The van der Waals surface area contributed by atoms with Gasteiger partial charge in [0.25, 0.3) is 0 Å². The molecule has 0 rings (SSSR count). The number of amides is 3. The zero-order valence-corrected chi connectivity index (χ0v) is 17.1. The third-order valence-corrected chi connectivity index (χ3v) is 4.30. The van der Waals surface area contributed by atoms with Crippen molar-refractivity contribution in [1.29, 1.82) is 0 Å². The second-order valence-corrected chi connectivity index (χ2v) is 6.74. The van der Waals surface area contributed by atoms with Crippen LogP contribution in [0.3, 0.4) is 0 Å². The largest absolute Gasteiger partial charge is 0.481 e. The molecule has 10 N–H and O–H groups in total. The van der Waals surface area contributed by atoms with E-state index in [9.17, 15) is 29.1 Å². The van der Waals surface area contributed by atoms with Crippen LogP contribution in [0.15, 0.2) is 0 Å². The standard InChI is InChI=1S/C16H29N5O8S/c17-4-2-1-3-8(18)13(25)21-11(7-30)15(27)20-10(6-22)14(26)19-9(16(28)29)5-12(23)24/h8-11,22,30H,1-7,17-18H2,(H,19,26)(H,20,27)(H,21,25)(H,23,24)(H,28,29). The van der Waals surface area contributed by atoms with E-state index in [0.29, 0.717) is 25.8 Å². The predicted molar refractivity (Wildman–Crippen MR) is 108 cm³/mol. The van der Waals surface area contributed by atoms with E-state index in [1.807, 2.05) is 5.32 Å². The Bertz CT molecular complexity index is 620. The molecule has 0 saturated heterocycles. The van der Waals surface area contributed by atoms with Crippen molar-refractivity contribution in [2.45, 2.75) is 49.9 Å². The second kappa shape index (κ2) is 14.5. The second-order valence-electron chi connectivity index (χ2n) is 6.38. The number of aliphatic hydroxyl groups is 1. The van der Waals surface area contributed by atoms with Crippen LogP contribution >= 0.6 is 12.6 Å². The quantitative estimate of drug-likeness (QED) is 0.0875. The molecule has 0 saturated carbocycles. The number of aliphatic hydroxyl groups excluding tert-OH is 1. The molecular weight excluding hydrogens is 422 g/mol. The van der Waals surface area contributed by atoms with E-state index >= 15 is 0 Å². The average Bonchev–Trinajstić information content (AvgIpc) is 2.68. The summed E-state index contributed by atoms with van der Waals surface area (Å²) in [6, 6.07) is -5.40. The van der Waals surface area contributed by atoms with Gasteiger partial charge >= 0.3 is 11.9 Å². The molecule has 4 atom stereocenters. The van der Waals surface area contributed by atoms with Crippen molar-refractivity contribution >= 4 is 42.3 Å². The molecule has 0 aliphatic rings. The van der Waals surface area contributed by atoms with Gasteiger partial charge in [-0.25, -0.2) is 4.79 Å². The minimum Gasteiger partial charge on any atom is -0.481 e. The van der Waals surface area contributed by atoms with Gasteiger partial charge in [-0.3, -0.25) is 19.2 Å². The Morgan fingerprint density at radius 2 is 1.40 bits per heavy atom. The highest BCUT2D eigenvalue weighted by molar-refractivity contribution is 7.80. The number of carboxylic acid groups (broad SMARTS) is 2. The fraction of sp³-hybridized carbons (Fsp3) is 0.688. The molecule has 0 aromatic rings. The molecule has 0 aromatic carbocycles. The van der Waals surface area contributed by atoms with Crippen LogP contribution < -0.4 is 27.4 Å². The highest BCUT2D eigenvalue weighted by Crippen LogP contribution is 2.00. The van der Waals surface area contributed by atoms with Crippen LogP contribution in [0.4, 0.5) is 0 Å². The SMILES string of the molecule is NCCCCC(N)C(=O)NC(CS)C(=O)NC(CO)C(=O)NC(CC(=O)O)C(=O)O. The van der Waals surface area contributed by atoms with Crippen molar-refractivity contribution in [3.63, 3.8) is 0 Å². The molecule has 0 radical (unpaired) electrons. The van der Waals surface area contributed by atoms with E-state index in [4.69, 9.17) is 21.7 Å². The van der Waals surface area contributed by atoms with E-state index < -0.39 is 66.9 Å². The van der Waals surface area contributed by atoms with Gasteiger partial charge in [-0.2, -0.15) is 12.6 Å². The van der Waals surface area contributed by atoms with Gasteiger partial charge in [0.2, 0.25) is 17.7 Å². The molecule has 4 unspecified atom stereocenters. The van der Waals surface area contributed by atoms with Crippen LogP contribution in [-0.2, 0) is 24.0 Å². The van der Waals surface area contributed by atoms with Crippen LogP contribution in [0.25, 0.3) is 0 Å². The number of carbonyl (C=O) groups is 5. The molecule has 0 bridgehead atoms. The first kappa shape index (κ1) is 27.6. The molecule has 0 fully saturated rings. The van der Waals surface area contributed by atoms with Gasteiger partial charge < -0.3 is 42.7 Å². The van der Waals surface area contributed by atoms with E-state index in [1.54, 1.807) is 0 Å². The van der Waals surface area contributed by atoms with Gasteiger partial charge in [0, 0.05) is 5.75 Å². The summed E-state index contributed by atoms with van der Waals surface area (Å²) in [5.74, 6) is -5.80. The smallest absolute Gasteiger partial charge is 0.326 e. The van der Waals surface area contributed by atoms with E-state index in [-0.39, 0.29) is 5.75 Å². The fourth-order valence-corrected chi connectivity index (χ4v) is 2.48. The number of nitrogens with one attached hydrogen (secondary N) is 3. The van der Waals surface area contributed by atoms with Crippen molar-refractivity contribution in [1.82, 2.24) is 16.0 Å². The van der Waals surface area contributed by atoms with E-state index in [0.717, 1.165) is 0 Å². The minimum absolute atomic E-state index is 0.149. The van der Waals surface area contributed by atoms with Gasteiger partial charge in [-0.15, -0.1) is 0 Å². The maximum absolute atomic E-state index is 12.3. The maximum atomic E-state index is 12.3. The normalized spacial score (nSPS) is 14.7. The van der Waals surface area contributed by atoms with Crippen molar-refractivity contribution in [2.24, 2.45) is 11.5 Å². The lowest BCUT2D eigenvalue weighted by Gasteiger charge is -2.23. The third kappa shape index (κ3) is 10.4. The molecule has 0 aromatic heterocycles. The monoisotopic (exact) mass is 451 g/mol. The first-order valence-corrected chi connectivity index (χ1v) is 9.73. The molecule has 3 amide bonds. The lowest BCUT2D eigenvalue weighted by Crippen LogP contribution is -2.58. The third-order valence-electron chi connectivity index (χ3n) is 3.93. The molecule has 13 nitrogen and oxygen atoms in total. The van der Waals surface area contributed by atoms with Crippen molar-refractivity contribution < 1.29 is 39.3 Å². The molecule has 0 heterocycles. The highest BCUT2D eigenvalue weighted by atomic mass is 32.1. The van der Waals surface area contributed by atoms with Crippen molar-refractivity contribution in [2.75, 3.05) is 18.9 Å². The number of aliphatic carboxylic acids is 2. The summed E-state index contributed by atoms with van der Waals surface area (Å²) in [6.45, 7) is -0.446. The molecule has 172 valence electrons. The zero-order chi connectivity index (χ0) is 23.3. The van der Waals surface area contributed by atoms with Crippen LogP contribution in [0.2, 0.25) is 0 Å². The van der Waals surface area contributed by atoms with Crippen molar-refractivity contribution in [3.8, 4) is 0 Å². The molecular formula is C16H29N5O8S. The summed E-state index contributed by atoms with van der Waals surface area (Å²) < 4.78 is 0. The summed E-state index contributed by atoms with van der Waals surface area (Å²) in [7, 11) is 0. The topological polar surface area (TPSA) is 234 Å². The van der Waals surface area contributed by atoms with Crippen LogP contribution in [0.1, 0.15) is 25.7 Å². The van der Waals surface area contributed by atoms with Crippen LogP contribution in [0.5, 0.6) is 0 Å². The number of hydrogen-bond acceptors (Lipinski definition) is 9. The summed E-state index contributed by atoms with van der Waals surface area (Å²) in [4.78, 5) is 58.3. The molecule has 0 aliphatic carbocycles. The van der Waals surface area contributed by atoms with E-state index in [2.05, 4.69) is 23.3 Å². The van der Waals surface area contributed by atoms with Crippen LogP contribution in [-0.4, -0.2) is 88.1 Å². The Balaban J connectivity index is 4.92. The Morgan fingerprint density at radius 3 is 1.87 bits per heavy atom. The summed E-state index contributed by atoms with van der Waals surface area (Å²) in [5.41, 5.74) is 11.1. The number of hydrogen-bond donors (Lipinski definition) is 9. The van der Waals surface area contributed by atoms with Gasteiger partial charge in [-0.1, -0.05) is 6.42 Å². The first-order valence-electron chi connectivity index (χ1n) is 9.10. The predicted octanol–water partition coefficient (Wildman–Crippen LogP) is -3.62. The number of unbranched alkanes of at least 4 members (excludes halogenated alkanes) is 1. The van der Waals surface area contributed by atoms with Crippen LogP contribution in [0, 0.1) is 0 Å². The lowest BCUT2D eigenvalue weighted by molar-refractivity contribution is -0.147. The van der Waals surface area contributed by atoms with Gasteiger partial charge in [0.1, 0.15) is 18.1 Å². The Hall–Kier alpha value is -2.42. The maximum Gasteiger partial charge on any atom is 0.326 e. The number of rotatable bonds is 15. The Morgan fingerprint density at radius 1 is 0.867 bits per heavy atom. The first-order chi connectivity index (χ1) is 14.1. The molecule has 0 aliphatic heterocycles. The fourth-order valence-electron chi connectivity index (χ4n) is 2.23. The van der Waals surface area contributed by atoms with Gasteiger partial charge in [0.15, 0.2) is 0 Å². The summed E-state index contributed by atoms with van der Waals surface area (Å²) >= 11 is 3.97. The van der Waals surface area contributed by atoms with Gasteiger partial charge in [-0.05, 0) is 19.4 Å². The molecule has 14 heteroatoms. The number of thiol groups is 1. The number of carbonyl (C=O) groups excluding carboxylic acids is 3. The number of nitrogens with two attached hydrogens (primary N) is 2. The minimum atomic E-state index is -1.76. The lowest BCUT2D eigenvalue weighted by atomic mass is 10.1. The van der Waals surface area contributed by atoms with Crippen molar-refractivity contribution in [3.05, 3.63) is 0 Å². The number of carboxylic acids is 2. The summed E-state index contributed by atoms with van der Waals surface area (Å²) in [6.07, 6.45) is 0.761. The summed E-state index contributed by atoms with van der Waals surface area (Å²) in [5, 5.41) is 33.4. The molecule has 30 heavy (non-hydrogen) atoms. The Labute approximate surface area is 178 Å². The highest BCUT2D eigenvalue weighted by Gasteiger charge is 2.30. The molecule has 0 spiro atoms. The zero-order valence-electron chi connectivity index (χ0n) is 16.2.